The van der Waals surface area contributed by atoms with E-state index >= 15 is 0 Å². The summed E-state index contributed by atoms with van der Waals surface area (Å²) in [6, 6.07) is 6.18. The van der Waals surface area contributed by atoms with E-state index in [9.17, 15) is 13.6 Å². The van der Waals surface area contributed by atoms with Crippen LogP contribution >= 0.6 is 0 Å². The number of methoxy groups -OCH3 is 1. The summed E-state index contributed by atoms with van der Waals surface area (Å²) < 4.78 is 40.1. The van der Waals surface area contributed by atoms with Crippen LogP contribution in [0.15, 0.2) is 28.8 Å². The summed E-state index contributed by atoms with van der Waals surface area (Å²) >= 11 is 0. The quantitative estimate of drug-likeness (QED) is 0.778. The molecule has 8 heteroatoms. The molecule has 0 radical (unpaired) electrons. The van der Waals surface area contributed by atoms with E-state index in [0.717, 1.165) is 19.3 Å². The first-order valence-corrected chi connectivity index (χ1v) is 7.54. The maximum atomic E-state index is 12.5. The SMILES string of the molecule is COC1CCCC1OC(=O)c1ccc(-c2noc(C(F)F)n2)cc1. The van der Waals surface area contributed by atoms with Crippen LogP contribution in [0.1, 0.15) is 41.9 Å². The van der Waals surface area contributed by atoms with Crippen LogP contribution in [-0.2, 0) is 9.47 Å². The molecule has 1 aromatic heterocycles. The fraction of sp³-hybridized carbons (Fsp3) is 0.438. The Labute approximate surface area is 136 Å². The minimum absolute atomic E-state index is 0.0421. The second-order valence-electron chi connectivity index (χ2n) is 5.48. The van der Waals surface area contributed by atoms with Crippen LogP contribution < -0.4 is 0 Å². The lowest BCUT2D eigenvalue weighted by Gasteiger charge is -2.18. The lowest BCUT2D eigenvalue weighted by molar-refractivity contribution is -0.0206. The van der Waals surface area contributed by atoms with Crippen molar-refractivity contribution in [1.82, 2.24) is 10.1 Å². The molecule has 0 bridgehead atoms. The fourth-order valence-electron chi connectivity index (χ4n) is 2.70. The molecule has 1 aliphatic carbocycles. The van der Waals surface area contributed by atoms with Crippen LogP contribution in [0, 0.1) is 0 Å². The Balaban J connectivity index is 1.68. The molecule has 1 saturated carbocycles. The summed E-state index contributed by atoms with van der Waals surface area (Å²) in [4.78, 5) is 15.8. The van der Waals surface area contributed by atoms with E-state index < -0.39 is 18.3 Å². The Morgan fingerprint density at radius 1 is 1.25 bits per heavy atom. The summed E-state index contributed by atoms with van der Waals surface area (Å²) in [5, 5.41) is 3.49. The van der Waals surface area contributed by atoms with E-state index in [4.69, 9.17) is 9.47 Å². The molecule has 6 nitrogen and oxygen atoms in total. The number of carbonyl (C=O) groups is 1. The van der Waals surface area contributed by atoms with Gasteiger partial charge in [0.25, 0.3) is 5.89 Å². The molecule has 2 aromatic rings. The number of benzene rings is 1. The Morgan fingerprint density at radius 2 is 1.96 bits per heavy atom. The molecule has 3 rings (SSSR count). The second kappa shape index (κ2) is 7.04. The van der Waals surface area contributed by atoms with E-state index in [1.165, 1.54) is 12.1 Å². The number of nitrogens with zero attached hydrogens (tertiary/aromatic N) is 2. The monoisotopic (exact) mass is 338 g/mol. The average Bonchev–Trinajstić information content (AvgIpc) is 3.24. The summed E-state index contributed by atoms with van der Waals surface area (Å²) in [5.74, 6) is -1.14. The first kappa shape index (κ1) is 16.5. The number of hydrogen-bond donors (Lipinski definition) is 0. The van der Waals surface area contributed by atoms with Gasteiger partial charge in [0.15, 0.2) is 0 Å². The van der Waals surface area contributed by atoms with E-state index in [1.807, 2.05) is 0 Å². The van der Waals surface area contributed by atoms with Gasteiger partial charge in [0, 0.05) is 12.7 Å². The highest BCUT2D eigenvalue weighted by molar-refractivity contribution is 5.90. The van der Waals surface area contributed by atoms with Gasteiger partial charge in [-0.25, -0.2) is 4.79 Å². The van der Waals surface area contributed by atoms with E-state index in [1.54, 1.807) is 19.2 Å². The molecule has 1 heterocycles. The molecule has 0 amide bonds. The normalized spacial score (nSPS) is 20.5. The molecule has 0 aliphatic heterocycles. The van der Waals surface area contributed by atoms with Gasteiger partial charge in [-0.2, -0.15) is 13.8 Å². The van der Waals surface area contributed by atoms with Crippen molar-refractivity contribution < 1.29 is 27.6 Å². The van der Waals surface area contributed by atoms with Crippen molar-refractivity contribution in [3.8, 4) is 11.4 Å². The van der Waals surface area contributed by atoms with Crippen molar-refractivity contribution in [2.45, 2.75) is 37.9 Å². The standard InChI is InChI=1S/C16H16F2N2O4/c1-22-11-3-2-4-12(11)23-16(21)10-7-5-9(6-8-10)14-19-15(13(17)18)24-20-14/h5-8,11-13H,2-4H2,1H3. The highest BCUT2D eigenvalue weighted by Crippen LogP contribution is 2.26. The van der Waals surface area contributed by atoms with Gasteiger partial charge in [-0.1, -0.05) is 17.3 Å². The lowest BCUT2D eigenvalue weighted by atomic mass is 10.1. The highest BCUT2D eigenvalue weighted by atomic mass is 19.3. The molecule has 1 aromatic carbocycles. The van der Waals surface area contributed by atoms with Gasteiger partial charge < -0.3 is 14.0 Å². The summed E-state index contributed by atoms with van der Waals surface area (Å²) in [5.41, 5.74) is 0.830. The van der Waals surface area contributed by atoms with Crippen LogP contribution in [0.25, 0.3) is 11.4 Å². The Bertz CT molecular complexity index is 702. The van der Waals surface area contributed by atoms with Crippen LogP contribution in [0.4, 0.5) is 8.78 Å². The minimum atomic E-state index is -2.82. The van der Waals surface area contributed by atoms with Gasteiger partial charge in [-0.3, -0.25) is 0 Å². The van der Waals surface area contributed by atoms with Crippen LogP contribution in [0.5, 0.6) is 0 Å². The number of alkyl halides is 2. The molecule has 0 saturated heterocycles. The molecule has 128 valence electrons. The molecule has 0 N–H and O–H groups in total. The lowest BCUT2D eigenvalue weighted by Crippen LogP contribution is -2.27. The van der Waals surface area contributed by atoms with Crippen LogP contribution in [0.3, 0.4) is 0 Å². The zero-order chi connectivity index (χ0) is 17.1. The zero-order valence-electron chi connectivity index (χ0n) is 12.9. The van der Waals surface area contributed by atoms with Crippen LogP contribution in [-0.4, -0.2) is 35.4 Å². The third kappa shape index (κ3) is 3.43. The molecule has 0 spiro atoms. The minimum Gasteiger partial charge on any atom is -0.456 e. The van der Waals surface area contributed by atoms with Crippen molar-refractivity contribution in [3.63, 3.8) is 0 Å². The highest BCUT2D eigenvalue weighted by Gasteiger charge is 2.30. The number of aromatic nitrogens is 2. The zero-order valence-corrected chi connectivity index (χ0v) is 12.9. The van der Waals surface area contributed by atoms with Gasteiger partial charge in [-0.15, -0.1) is 0 Å². The Hall–Kier alpha value is -2.35. The number of rotatable bonds is 5. The van der Waals surface area contributed by atoms with Gasteiger partial charge in [0.05, 0.1) is 11.7 Å². The number of carbonyl (C=O) groups excluding carboxylic acids is 1. The molecule has 1 aliphatic rings. The maximum Gasteiger partial charge on any atom is 0.338 e. The average molecular weight is 338 g/mol. The summed E-state index contributed by atoms with van der Waals surface area (Å²) in [6.45, 7) is 0. The Morgan fingerprint density at radius 3 is 2.58 bits per heavy atom. The molecule has 2 atom stereocenters. The topological polar surface area (TPSA) is 74.5 Å². The first-order chi connectivity index (χ1) is 11.6. The van der Waals surface area contributed by atoms with Gasteiger partial charge in [0.2, 0.25) is 5.82 Å². The van der Waals surface area contributed by atoms with E-state index in [2.05, 4.69) is 14.7 Å². The van der Waals surface area contributed by atoms with Gasteiger partial charge in [-0.05, 0) is 31.4 Å². The number of esters is 1. The third-order valence-electron chi connectivity index (χ3n) is 3.96. The first-order valence-electron chi connectivity index (χ1n) is 7.54. The molecule has 24 heavy (non-hydrogen) atoms. The molecular formula is C16H16F2N2O4. The molecule has 1 fully saturated rings. The number of ether oxygens (including phenoxy) is 2. The van der Waals surface area contributed by atoms with Crippen LogP contribution in [0.2, 0.25) is 0 Å². The molecular weight excluding hydrogens is 322 g/mol. The van der Waals surface area contributed by atoms with E-state index in [0.29, 0.717) is 11.1 Å². The second-order valence-corrected chi connectivity index (χ2v) is 5.48. The van der Waals surface area contributed by atoms with Crippen molar-refractivity contribution in [2.24, 2.45) is 0 Å². The van der Waals surface area contributed by atoms with Crippen molar-refractivity contribution >= 4 is 5.97 Å². The summed E-state index contributed by atoms with van der Waals surface area (Å²) in [7, 11) is 1.60. The van der Waals surface area contributed by atoms with Crippen molar-refractivity contribution in [3.05, 3.63) is 35.7 Å². The Kier molecular flexibility index (Phi) is 4.84. The van der Waals surface area contributed by atoms with Crippen molar-refractivity contribution in [1.29, 1.82) is 0 Å². The van der Waals surface area contributed by atoms with E-state index in [-0.39, 0.29) is 18.0 Å². The predicted octanol–water partition coefficient (Wildman–Crippen LogP) is 3.40. The third-order valence-corrected chi connectivity index (χ3v) is 3.96. The summed E-state index contributed by atoms with van der Waals surface area (Å²) in [6.07, 6.45) is -0.521. The molecule has 2 unspecified atom stereocenters. The number of halogens is 2. The predicted molar refractivity (Wildman–Crippen MR) is 78.5 cm³/mol. The van der Waals surface area contributed by atoms with Gasteiger partial charge >= 0.3 is 12.4 Å². The van der Waals surface area contributed by atoms with Gasteiger partial charge in [0.1, 0.15) is 6.10 Å². The smallest absolute Gasteiger partial charge is 0.338 e. The van der Waals surface area contributed by atoms with Crippen molar-refractivity contribution in [2.75, 3.05) is 7.11 Å². The largest absolute Gasteiger partial charge is 0.456 e. The fourth-order valence-corrected chi connectivity index (χ4v) is 2.70. The maximum absolute atomic E-state index is 12.5. The number of hydrogen-bond acceptors (Lipinski definition) is 6.